The van der Waals surface area contributed by atoms with Crippen molar-refractivity contribution in [1.82, 2.24) is 30.6 Å². The molecule has 4 saturated heterocycles. The second-order valence-electron chi connectivity index (χ2n) is 16.5. The third-order valence-corrected chi connectivity index (χ3v) is 12.3. The molecule has 4 aliphatic rings. The second-order valence-corrected chi connectivity index (χ2v) is 16.5. The van der Waals surface area contributed by atoms with E-state index in [0.29, 0.717) is 24.7 Å². The number of nitrogens with one attached hydrogen (secondary N) is 4. The van der Waals surface area contributed by atoms with Crippen molar-refractivity contribution >= 4 is 83.1 Å². The number of anilines is 2. The Morgan fingerprint density at radius 1 is 0.636 bits per heavy atom. The van der Waals surface area contributed by atoms with Crippen LogP contribution in [0.25, 0.3) is 22.1 Å². The number of hydrogen-bond donors (Lipinski definition) is 4. The van der Waals surface area contributed by atoms with Crippen molar-refractivity contribution in [3.8, 4) is 0 Å². The molecule has 9 rings (SSSR count). The molecule has 0 spiro atoms. The van der Waals surface area contributed by atoms with Crippen molar-refractivity contribution in [2.24, 2.45) is 11.3 Å². The van der Waals surface area contributed by atoms with Crippen molar-refractivity contribution in [2.45, 2.75) is 96.3 Å². The summed E-state index contributed by atoms with van der Waals surface area (Å²) in [6.07, 6.45) is 8.02. The molecule has 6 heterocycles. The molecule has 0 bridgehead atoms. The molecular formula is C41H54Cl4F2N8. The molecule has 4 fully saturated rings. The van der Waals surface area contributed by atoms with E-state index in [4.69, 9.17) is 9.97 Å². The third kappa shape index (κ3) is 8.28. The van der Waals surface area contributed by atoms with Crippen LogP contribution in [0.15, 0.2) is 48.5 Å². The van der Waals surface area contributed by atoms with Crippen molar-refractivity contribution in [3.63, 3.8) is 0 Å². The average Bonchev–Trinajstić information content (AvgIpc) is 3.96. The number of halogens is 6. The number of benzene rings is 3. The molecule has 4 N–H and O–H groups in total. The number of fused-ring (bicyclic) bond motifs is 2. The highest BCUT2D eigenvalue weighted by Gasteiger charge is 2.38. The topological polar surface area (TPSA) is 87.9 Å². The fraction of sp³-hybridized carbons (Fsp3) is 0.512. The van der Waals surface area contributed by atoms with Crippen LogP contribution >= 0.6 is 49.6 Å². The van der Waals surface area contributed by atoms with E-state index in [2.05, 4.69) is 82.7 Å². The first kappa shape index (κ1) is 43.3. The lowest BCUT2D eigenvalue weighted by atomic mass is 9.75. The number of imidazole rings is 2. The van der Waals surface area contributed by atoms with Gasteiger partial charge in [-0.1, -0.05) is 32.9 Å². The van der Waals surface area contributed by atoms with Gasteiger partial charge in [0, 0.05) is 18.8 Å². The number of H-pyrrole nitrogens is 2. The maximum absolute atomic E-state index is 16.3. The van der Waals surface area contributed by atoms with E-state index in [1.807, 2.05) is 4.90 Å². The Hall–Kier alpha value is -2.86. The maximum Gasteiger partial charge on any atom is 0.151 e. The largest absolute Gasteiger partial charge is 0.367 e. The maximum atomic E-state index is 16.3. The van der Waals surface area contributed by atoms with Crippen LogP contribution < -0.4 is 20.4 Å². The standard InChI is InChI=1S/C41H50F2N8.4ClH/c1-41(2,3)26-14-18-50(19-15-26)38-28(42)22-27(23-29(38)43)51-36(24-8-10-30-34(20-24)48-39(46-30)32-6-4-16-44-32)12-13-37(51)25-9-11-31-35(21-25)49-40(47-31)33-7-5-17-45-33;;;;/h8-11,20-23,26,32-33,36-37,44-45H,4-7,12-19H2,1-3H3,(H,46,48)(H,47,49);4*1H/t32-,33-,36+,37+;;;;/m0..../s1. The first-order chi connectivity index (χ1) is 24.7. The summed E-state index contributed by atoms with van der Waals surface area (Å²) in [5, 5.41) is 7.09. The first-order valence-electron chi connectivity index (χ1n) is 19.2. The van der Waals surface area contributed by atoms with Gasteiger partial charge in [0.25, 0.3) is 0 Å². The molecule has 0 radical (unpaired) electrons. The van der Waals surface area contributed by atoms with Gasteiger partial charge >= 0.3 is 0 Å². The SMILES string of the molecule is CC(C)(C)C1CCN(c2c(F)cc(N3[C@@H](c4ccc5nc([C@@H]6CCCN6)[nH]c5c4)CC[C@@H]3c3ccc4nc([C@@H]5CCCN5)[nH]c4c3)cc2F)CC1.Cl.Cl.Cl.Cl. The molecule has 300 valence electrons. The molecule has 0 amide bonds. The average molecular weight is 839 g/mol. The van der Waals surface area contributed by atoms with Crippen LogP contribution in [0.3, 0.4) is 0 Å². The number of hydrogen-bond acceptors (Lipinski definition) is 6. The minimum absolute atomic E-state index is 0. The Morgan fingerprint density at radius 2 is 1.11 bits per heavy atom. The minimum Gasteiger partial charge on any atom is -0.367 e. The van der Waals surface area contributed by atoms with Crippen LogP contribution in [-0.2, 0) is 0 Å². The number of piperidine rings is 1. The molecule has 14 heteroatoms. The highest BCUT2D eigenvalue weighted by molar-refractivity contribution is 5.86. The second kappa shape index (κ2) is 17.3. The van der Waals surface area contributed by atoms with Crippen LogP contribution in [0.1, 0.15) is 119 Å². The van der Waals surface area contributed by atoms with Crippen molar-refractivity contribution in [3.05, 3.63) is 82.9 Å². The summed E-state index contributed by atoms with van der Waals surface area (Å²) < 4.78 is 32.6. The van der Waals surface area contributed by atoms with E-state index in [1.54, 1.807) is 12.1 Å². The summed E-state index contributed by atoms with van der Waals surface area (Å²) in [6, 6.07) is 16.4. The van der Waals surface area contributed by atoms with Gasteiger partial charge in [0.1, 0.15) is 17.3 Å². The fourth-order valence-electron chi connectivity index (χ4n) is 9.47. The Morgan fingerprint density at radius 3 is 1.53 bits per heavy atom. The first-order valence-corrected chi connectivity index (χ1v) is 19.2. The molecule has 2 aromatic heterocycles. The van der Waals surface area contributed by atoms with E-state index in [1.165, 1.54) is 0 Å². The monoisotopic (exact) mass is 836 g/mol. The van der Waals surface area contributed by atoms with E-state index in [0.717, 1.165) is 109 Å². The number of rotatable bonds is 6. The van der Waals surface area contributed by atoms with Gasteiger partial charge in [0.2, 0.25) is 0 Å². The molecule has 0 saturated carbocycles. The summed E-state index contributed by atoms with van der Waals surface area (Å²) in [7, 11) is 0. The quantitative estimate of drug-likeness (QED) is 0.136. The lowest BCUT2D eigenvalue weighted by molar-refractivity contribution is 0.198. The molecule has 5 aromatic rings. The van der Waals surface area contributed by atoms with Crippen LogP contribution in [0.5, 0.6) is 0 Å². The van der Waals surface area contributed by atoms with Crippen molar-refractivity contribution in [1.29, 1.82) is 0 Å². The van der Waals surface area contributed by atoms with E-state index in [-0.39, 0.29) is 84.9 Å². The van der Waals surface area contributed by atoms with Gasteiger partial charge in [-0.25, -0.2) is 18.7 Å². The third-order valence-electron chi connectivity index (χ3n) is 12.3. The highest BCUT2D eigenvalue weighted by atomic mass is 35.5. The summed E-state index contributed by atoms with van der Waals surface area (Å²) in [6.45, 7) is 10.1. The molecule has 0 unspecified atom stereocenters. The minimum atomic E-state index is -0.487. The Kier molecular flexibility index (Phi) is 13.6. The summed E-state index contributed by atoms with van der Waals surface area (Å²) in [5.41, 5.74) is 6.99. The van der Waals surface area contributed by atoms with Gasteiger partial charge in [0.05, 0.1) is 46.2 Å². The molecule has 8 nitrogen and oxygen atoms in total. The fourth-order valence-corrected chi connectivity index (χ4v) is 9.47. The Labute approximate surface area is 347 Å². The molecule has 3 aromatic carbocycles. The number of aromatic nitrogens is 4. The van der Waals surface area contributed by atoms with Crippen LogP contribution in [0.2, 0.25) is 0 Å². The zero-order valence-corrected chi connectivity index (χ0v) is 34.9. The zero-order valence-electron chi connectivity index (χ0n) is 31.7. The lowest BCUT2D eigenvalue weighted by Crippen LogP contribution is -2.39. The molecule has 0 aliphatic carbocycles. The Balaban J connectivity index is 0.00000145. The van der Waals surface area contributed by atoms with Crippen LogP contribution in [0.4, 0.5) is 20.2 Å². The van der Waals surface area contributed by atoms with E-state index >= 15 is 8.78 Å². The van der Waals surface area contributed by atoms with Gasteiger partial charge in [-0.2, -0.15) is 0 Å². The zero-order chi connectivity index (χ0) is 34.9. The van der Waals surface area contributed by atoms with Crippen molar-refractivity contribution in [2.75, 3.05) is 36.0 Å². The van der Waals surface area contributed by atoms with Crippen molar-refractivity contribution < 1.29 is 8.78 Å². The molecule has 4 aliphatic heterocycles. The van der Waals surface area contributed by atoms with E-state index in [9.17, 15) is 0 Å². The predicted molar refractivity (Wildman–Crippen MR) is 229 cm³/mol. The van der Waals surface area contributed by atoms with E-state index < -0.39 is 11.6 Å². The number of aromatic amines is 2. The smallest absolute Gasteiger partial charge is 0.151 e. The summed E-state index contributed by atoms with van der Waals surface area (Å²) in [4.78, 5) is 21.2. The van der Waals surface area contributed by atoms with Gasteiger partial charge < -0.3 is 30.4 Å². The summed E-state index contributed by atoms with van der Waals surface area (Å²) in [5.74, 6) is 1.53. The van der Waals surface area contributed by atoms with Gasteiger partial charge in [-0.05, 0) is 123 Å². The normalized spacial score (nSPS) is 23.1. The molecule has 4 atom stereocenters. The lowest BCUT2D eigenvalue weighted by Gasteiger charge is -2.40. The Bertz CT molecular complexity index is 1940. The predicted octanol–water partition coefficient (Wildman–Crippen LogP) is 10.6. The molecular weight excluding hydrogens is 784 g/mol. The van der Waals surface area contributed by atoms with Gasteiger partial charge in [-0.15, -0.1) is 49.6 Å². The summed E-state index contributed by atoms with van der Waals surface area (Å²) >= 11 is 0. The van der Waals surface area contributed by atoms with Gasteiger partial charge in [0.15, 0.2) is 11.6 Å². The van der Waals surface area contributed by atoms with Crippen LogP contribution in [0, 0.1) is 23.0 Å². The molecule has 55 heavy (non-hydrogen) atoms. The van der Waals surface area contributed by atoms with Crippen LogP contribution in [-0.4, -0.2) is 46.1 Å². The van der Waals surface area contributed by atoms with Gasteiger partial charge in [-0.3, -0.25) is 0 Å². The number of nitrogens with zero attached hydrogens (tertiary/aromatic N) is 4. The highest BCUT2D eigenvalue weighted by Crippen LogP contribution is 2.49.